The molecule has 2 nitrogen and oxygen atoms in total. The Morgan fingerprint density at radius 3 is 2.52 bits per heavy atom. The molecule has 21 heavy (non-hydrogen) atoms. The van der Waals surface area contributed by atoms with Crippen LogP contribution in [0, 0.1) is 11.2 Å². The predicted molar refractivity (Wildman–Crippen MR) is 86.1 cm³/mol. The van der Waals surface area contributed by atoms with Crippen molar-refractivity contribution in [2.24, 2.45) is 5.41 Å². The first-order valence-corrected chi connectivity index (χ1v) is 8.48. The van der Waals surface area contributed by atoms with Gasteiger partial charge in [0.25, 0.3) is 0 Å². The Morgan fingerprint density at radius 1 is 1.05 bits per heavy atom. The molecule has 1 saturated heterocycles. The standard InChI is InChI=1S/C18H27FN2/c19-16-5-4-6-17(15-16)20-11-14-21-12-9-18(10-13-21)7-2-1-3-8-18/h4-6,15,20H,1-3,7-14H2. The van der Waals surface area contributed by atoms with Crippen LogP contribution in [0.5, 0.6) is 0 Å². The van der Waals surface area contributed by atoms with Crippen LogP contribution in [0.2, 0.25) is 0 Å². The number of nitrogens with one attached hydrogen (secondary N) is 1. The zero-order valence-corrected chi connectivity index (χ0v) is 12.9. The third-order valence-electron chi connectivity index (χ3n) is 5.41. The minimum absolute atomic E-state index is 0.169. The van der Waals surface area contributed by atoms with Gasteiger partial charge in [-0.05, 0) is 62.4 Å². The topological polar surface area (TPSA) is 15.3 Å². The minimum Gasteiger partial charge on any atom is -0.384 e. The highest BCUT2D eigenvalue weighted by Gasteiger charge is 2.35. The fraction of sp³-hybridized carbons (Fsp3) is 0.667. The van der Waals surface area contributed by atoms with Crippen LogP contribution in [0.25, 0.3) is 0 Å². The van der Waals surface area contributed by atoms with Crippen LogP contribution in [-0.2, 0) is 0 Å². The fourth-order valence-electron chi connectivity index (χ4n) is 4.01. The molecule has 0 radical (unpaired) electrons. The second-order valence-corrected chi connectivity index (χ2v) is 6.84. The molecule has 3 heteroatoms. The maximum Gasteiger partial charge on any atom is 0.125 e. The van der Waals surface area contributed by atoms with Crippen molar-refractivity contribution in [1.82, 2.24) is 4.90 Å². The Bertz CT molecular complexity index is 444. The van der Waals surface area contributed by atoms with Gasteiger partial charge in [0.1, 0.15) is 5.82 Å². The number of hydrogen-bond donors (Lipinski definition) is 1. The van der Waals surface area contributed by atoms with Crippen molar-refractivity contribution >= 4 is 5.69 Å². The highest BCUT2D eigenvalue weighted by atomic mass is 19.1. The average molecular weight is 290 g/mol. The maximum absolute atomic E-state index is 13.1. The maximum atomic E-state index is 13.1. The normalized spacial score (nSPS) is 22.3. The number of piperidine rings is 1. The number of hydrogen-bond acceptors (Lipinski definition) is 2. The molecule has 116 valence electrons. The van der Waals surface area contributed by atoms with Crippen molar-refractivity contribution in [3.05, 3.63) is 30.1 Å². The first-order chi connectivity index (χ1) is 10.3. The Morgan fingerprint density at radius 2 is 1.81 bits per heavy atom. The van der Waals surface area contributed by atoms with Crippen LogP contribution in [0.4, 0.5) is 10.1 Å². The molecular weight excluding hydrogens is 263 g/mol. The van der Waals surface area contributed by atoms with Gasteiger partial charge >= 0.3 is 0 Å². The zero-order valence-electron chi connectivity index (χ0n) is 12.9. The van der Waals surface area contributed by atoms with E-state index in [4.69, 9.17) is 0 Å². The van der Waals surface area contributed by atoms with Gasteiger partial charge in [0.05, 0.1) is 0 Å². The summed E-state index contributed by atoms with van der Waals surface area (Å²) in [6.45, 7) is 4.44. The smallest absolute Gasteiger partial charge is 0.125 e. The predicted octanol–water partition coefficient (Wildman–Crippen LogP) is 4.28. The summed E-state index contributed by atoms with van der Waals surface area (Å²) in [5.74, 6) is -0.169. The van der Waals surface area contributed by atoms with E-state index in [0.717, 1.165) is 18.8 Å². The van der Waals surface area contributed by atoms with E-state index in [1.54, 1.807) is 12.1 Å². The van der Waals surface area contributed by atoms with Crippen molar-refractivity contribution in [1.29, 1.82) is 0 Å². The molecule has 2 fully saturated rings. The summed E-state index contributed by atoms with van der Waals surface area (Å²) in [6.07, 6.45) is 10.0. The average Bonchev–Trinajstić information content (AvgIpc) is 2.51. The number of nitrogens with zero attached hydrogens (tertiary/aromatic N) is 1. The third-order valence-corrected chi connectivity index (χ3v) is 5.41. The lowest BCUT2D eigenvalue weighted by Crippen LogP contribution is -2.42. The van der Waals surface area contributed by atoms with E-state index in [1.807, 2.05) is 6.07 Å². The Hall–Kier alpha value is -1.09. The Labute approximate surface area is 127 Å². The highest BCUT2D eigenvalue weighted by molar-refractivity contribution is 5.42. The lowest BCUT2D eigenvalue weighted by atomic mass is 9.68. The Kier molecular flexibility index (Phi) is 4.79. The number of halogens is 1. The number of anilines is 1. The molecular formula is C18H27FN2. The van der Waals surface area contributed by atoms with E-state index >= 15 is 0 Å². The van der Waals surface area contributed by atoms with Gasteiger partial charge in [0.15, 0.2) is 0 Å². The van der Waals surface area contributed by atoms with Gasteiger partial charge < -0.3 is 10.2 Å². The zero-order chi connectivity index (χ0) is 14.5. The number of rotatable bonds is 4. The van der Waals surface area contributed by atoms with Crippen LogP contribution in [-0.4, -0.2) is 31.1 Å². The summed E-state index contributed by atoms with van der Waals surface area (Å²) in [5.41, 5.74) is 1.57. The lowest BCUT2D eigenvalue weighted by molar-refractivity contribution is 0.0699. The van der Waals surface area contributed by atoms with E-state index in [0.29, 0.717) is 5.41 Å². The first kappa shape index (κ1) is 14.8. The first-order valence-electron chi connectivity index (χ1n) is 8.48. The van der Waals surface area contributed by atoms with E-state index in [2.05, 4.69) is 10.2 Å². The Balaban J connectivity index is 1.39. The van der Waals surface area contributed by atoms with Gasteiger partial charge in [-0.15, -0.1) is 0 Å². The highest BCUT2D eigenvalue weighted by Crippen LogP contribution is 2.44. The van der Waals surface area contributed by atoms with Gasteiger partial charge in [-0.2, -0.15) is 0 Å². The van der Waals surface area contributed by atoms with Crippen LogP contribution in [0.1, 0.15) is 44.9 Å². The summed E-state index contributed by atoms with van der Waals surface area (Å²) in [5, 5.41) is 3.32. The number of likely N-dealkylation sites (tertiary alicyclic amines) is 1. The molecule has 0 amide bonds. The summed E-state index contributed by atoms with van der Waals surface area (Å²) < 4.78 is 13.1. The summed E-state index contributed by atoms with van der Waals surface area (Å²) in [7, 11) is 0. The van der Waals surface area contributed by atoms with E-state index in [1.165, 1.54) is 64.1 Å². The summed E-state index contributed by atoms with van der Waals surface area (Å²) in [6, 6.07) is 6.73. The minimum atomic E-state index is -0.169. The van der Waals surface area contributed by atoms with Crippen molar-refractivity contribution in [3.8, 4) is 0 Å². The SMILES string of the molecule is Fc1cccc(NCCN2CCC3(CCCCC3)CC2)c1. The molecule has 1 aliphatic carbocycles. The molecule has 1 heterocycles. The van der Waals surface area contributed by atoms with Crippen molar-refractivity contribution < 1.29 is 4.39 Å². The van der Waals surface area contributed by atoms with Crippen molar-refractivity contribution in [2.75, 3.05) is 31.5 Å². The molecule has 3 rings (SSSR count). The lowest BCUT2D eigenvalue weighted by Gasteiger charge is -2.44. The second-order valence-electron chi connectivity index (χ2n) is 6.84. The molecule has 1 saturated carbocycles. The molecule has 1 aromatic carbocycles. The third kappa shape index (κ3) is 3.97. The monoisotopic (exact) mass is 290 g/mol. The van der Waals surface area contributed by atoms with E-state index in [-0.39, 0.29) is 5.82 Å². The molecule has 1 aliphatic heterocycles. The molecule has 1 aromatic rings. The molecule has 0 bridgehead atoms. The van der Waals surface area contributed by atoms with Crippen LogP contribution in [0.3, 0.4) is 0 Å². The van der Waals surface area contributed by atoms with Gasteiger partial charge in [0.2, 0.25) is 0 Å². The molecule has 2 aliphatic rings. The molecule has 1 spiro atoms. The van der Waals surface area contributed by atoms with Gasteiger partial charge in [0, 0.05) is 18.8 Å². The van der Waals surface area contributed by atoms with Crippen LogP contribution >= 0.6 is 0 Å². The summed E-state index contributed by atoms with van der Waals surface area (Å²) >= 11 is 0. The van der Waals surface area contributed by atoms with E-state index in [9.17, 15) is 4.39 Å². The van der Waals surface area contributed by atoms with Crippen LogP contribution < -0.4 is 5.32 Å². The van der Waals surface area contributed by atoms with Gasteiger partial charge in [-0.3, -0.25) is 0 Å². The van der Waals surface area contributed by atoms with Crippen LogP contribution in [0.15, 0.2) is 24.3 Å². The molecule has 0 atom stereocenters. The van der Waals surface area contributed by atoms with E-state index < -0.39 is 0 Å². The molecule has 1 N–H and O–H groups in total. The summed E-state index contributed by atoms with van der Waals surface area (Å²) in [4.78, 5) is 2.56. The molecule has 0 aromatic heterocycles. The van der Waals surface area contributed by atoms with Gasteiger partial charge in [-0.25, -0.2) is 4.39 Å². The largest absolute Gasteiger partial charge is 0.384 e. The van der Waals surface area contributed by atoms with Gasteiger partial charge in [-0.1, -0.05) is 25.3 Å². The van der Waals surface area contributed by atoms with Crippen molar-refractivity contribution in [2.45, 2.75) is 44.9 Å². The molecule has 0 unspecified atom stereocenters. The number of benzene rings is 1. The van der Waals surface area contributed by atoms with Crippen molar-refractivity contribution in [3.63, 3.8) is 0 Å². The second kappa shape index (κ2) is 6.78. The quantitative estimate of drug-likeness (QED) is 0.890. The fourth-order valence-corrected chi connectivity index (χ4v) is 4.01.